The summed E-state index contributed by atoms with van der Waals surface area (Å²) in [6.07, 6.45) is 0. The van der Waals surface area contributed by atoms with E-state index in [0.717, 1.165) is 39.0 Å². The number of anilines is 3. The van der Waals surface area contributed by atoms with Crippen LogP contribution in [0.1, 0.15) is 25.0 Å². The molecule has 0 N–H and O–H groups in total. The average Bonchev–Trinajstić information content (AvgIpc) is 3.88. The zero-order valence-electron chi connectivity index (χ0n) is 32.0. The molecule has 0 spiro atoms. The van der Waals surface area contributed by atoms with Gasteiger partial charge < -0.3 is 9.32 Å². The molecule has 58 heavy (non-hydrogen) atoms. The number of nitrogens with zero attached hydrogens (tertiary/aromatic N) is 1. The normalized spacial score (nSPS) is 13.5. The summed E-state index contributed by atoms with van der Waals surface area (Å²) in [6, 6.07) is 64.8. The van der Waals surface area contributed by atoms with E-state index in [0.29, 0.717) is 0 Å². The Morgan fingerprint density at radius 2 is 1.09 bits per heavy atom. The van der Waals surface area contributed by atoms with Crippen LogP contribution in [0.25, 0.3) is 97.4 Å². The second-order valence-electron chi connectivity index (χ2n) is 16.4. The molecule has 2 aliphatic rings. The lowest BCUT2D eigenvalue weighted by Gasteiger charge is -2.27. The molecule has 2 aromatic heterocycles. The third-order valence-electron chi connectivity index (χ3n) is 13.0. The number of hydrogen-bond acceptors (Lipinski definition) is 3. The smallest absolute Gasteiger partial charge is 0.137 e. The van der Waals surface area contributed by atoms with Gasteiger partial charge in [0.1, 0.15) is 11.2 Å². The van der Waals surface area contributed by atoms with E-state index < -0.39 is 0 Å². The van der Waals surface area contributed by atoms with Gasteiger partial charge in [-0.15, -0.1) is 11.3 Å². The molecule has 0 atom stereocenters. The first-order chi connectivity index (χ1) is 28.5. The van der Waals surface area contributed by atoms with E-state index in [1.165, 1.54) is 86.6 Å². The van der Waals surface area contributed by atoms with E-state index in [9.17, 15) is 0 Å². The molecule has 11 aromatic rings. The molecule has 2 aliphatic carbocycles. The molecule has 0 saturated carbocycles. The fraction of sp³-hybridized carbons (Fsp3) is 0.0545. The van der Waals surface area contributed by atoms with Crippen LogP contribution in [0.3, 0.4) is 0 Å². The molecule has 3 heteroatoms. The van der Waals surface area contributed by atoms with E-state index in [4.69, 9.17) is 4.42 Å². The van der Waals surface area contributed by atoms with Crippen LogP contribution in [0, 0.1) is 0 Å². The summed E-state index contributed by atoms with van der Waals surface area (Å²) >= 11 is 1.93. The van der Waals surface area contributed by atoms with Crippen LogP contribution < -0.4 is 4.90 Å². The van der Waals surface area contributed by atoms with Gasteiger partial charge in [0.05, 0.1) is 0 Å². The number of thiophene rings is 1. The predicted molar refractivity (Wildman–Crippen MR) is 246 cm³/mol. The second-order valence-corrected chi connectivity index (χ2v) is 17.5. The molecular formula is C55H35NOS. The molecule has 0 bridgehead atoms. The van der Waals surface area contributed by atoms with E-state index >= 15 is 0 Å². The van der Waals surface area contributed by atoms with Crippen LogP contribution in [0.2, 0.25) is 0 Å². The molecule has 272 valence electrons. The highest BCUT2D eigenvalue weighted by Gasteiger charge is 2.40. The quantitative estimate of drug-likeness (QED) is 0.174. The summed E-state index contributed by atoms with van der Waals surface area (Å²) in [5.74, 6) is 0. The topological polar surface area (TPSA) is 16.4 Å². The Labute approximate surface area is 339 Å². The Bertz CT molecular complexity index is 3550. The molecule has 9 aromatic carbocycles. The Balaban J connectivity index is 1.06. The van der Waals surface area contributed by atoms with Crippen molar-refractivity contribution in [2.45, 2.75) is 19.3 Å². The SMILES string of the molecule is CC1(C)c2cccc3c2-c2c1ccc1c(-c4cccc(N(c5cccc(-c6ccccc6)c5)c5ccc6c(c5)oc5ccccc56)c4)cc4sc5cccc-3c5c4c21. The number of benzene rings is 9. The highest BCUT2D eigenvalue weighted by Crippen LogP contribution is 2.60. The number of rotatable bonds is 5. The molecule has 0 saturated heterocycles. The van der Waals surface area contributed by atoms with Crippen molar-refractivity contribution in [3.8, 4) is 44.5 Å². The van der Waals surface area contributed by atoms with Crippen molar-refractivity contribution >= 4 is 81.3 Å². The maximum atomic E-state index is 6.47. The molecule has 13 rings (SSSR count). The zero-order chi connectivity index (χ0) is 38.3. The van der Waals surface area contributed by atoms with Crippen LogP contribution >= 0.6 is 11.3 Å². The number of para-hydroxylation sites is 1. The van der Waals surface area contributed by atoms with Crippen molar-refractivity contribution in [1.82, 2.24) is 0 Å². The third kappa shape index (κ3) is 4.31. The minimum atomic E-state index is -0.0890. The largest absolute Gasteiger partial charge is 0.456 e. The van der Waals surface area contributed by atoms with E-state index in [2.05, 4.69) is 189 Å². The standard InChI is InChI=1S/C55H35NOS/c1-55(2)44-21-10-19-40-41-20-11-23-48-51(41)54-49(58-48)31-43(42-26-27-45(55)53(50(40)44)52(42)54)34-15-9-17-36(29-34)56(35-16-8-14-33(28-35)32-12-4-3-5-13-32)37-24-25-39-38-18-6-7-22-46(38)57-47(39)30-37/h3-31H,1-2H3. The maximum absolute atomic E-state index is 6.47. The van der Waals surface area contributed by atoms with E-state index in [-0.39, 0.29) is 5.41 Å². The summed E-state index contributed by atoms with van der Waals surface area (Å²) in [5.41, 5.74) is 18.1. The summed E-state index contributed by atoms with van der Waals surface area (Å²) in [6.45, 7) is 4.80. The van der Waals surface area contributed by atoms with Gasteiger partial charge in [0.15, 0.2) is 0 Å². The van der Waals surface area contributed by atoms with Crippen LogP contribution in [0.4, 0.5) is 17.1 Å². The van der Waals surface area contributed by atoms with Gasteiger partial charge in [-0.3, -0.25) is 0 Å². The summed E-state index contributed by atoms with van der Waals surface area (Å²) in [5, 5.41) is 7.75. The fourth-order valence-corrected chi connectivity index (χ4v) is 11.5. The minimum Gasteiger partial charge on any atom is -0.456 e. The van der Waals surface area contributed by atoms with Crippen molar-refractivity contribution in [2.75, 3.05) is 4.90 Å². The summed E-state index contributed by atoms with van der Waals surface area (Å²) in [4.78, 5) is 2.38. The van der Waals surface area contributed by atoms with Gasteiger partial charge in [-0.2, -0.15) is 0 Å². The van der Waals surface area contributed by atoms with Crippen LogP contribution in [0.15, 0.2) is 180 Å². The first kappa shape index (κ1) is 32.2. The van der Waals surface area contributed by atoms with E-state index in [1.54, 1.807) is 0 Å². The Hall–Kier alpha value is -6.94. The number of furan rings is 1. The molecule has 2 heterocycles. The van der Waals surface area contributed by atoms with Gasteiger partial charge in [0, 0.05) is 59.5 Å². The first-order valence-corrected chi connectivity index (χ1v) is 20.9. The first-order valence-electron chi connectivity index (χ1n) is 20.1. The van der Waals surface area contributed by atoms with Gasteiger partial charge in [0.2, 0.25) is 0 Å². The Kier molecular flexibility index (Phi) is 6.42. The lowest BCUT2D eigenvalue weighted by Crippen LogP contribution is -2.15. The average molecular weight is 758 g/mol. The molecule has 2 nitrogen and oxygen atoms in total. The lowest BCUT2D eigenvalue weighted by atomic mass is 9.80. The van der Waals surface area contributed by atoms with Gasteiger partial charge in [-0.05, 0) is 121 Å². The maximum Gasteiger partial charge on any atom is 0.137 e. The van der Waals surface area contributed by atoms with Crippen molar-refractivity contribution in [2.24, 2.45) is 0 Å². The predicted octanol–water partition coefficient (Wildman–Crippen LogP) is 16.2. The highest BCUT2D eigenvalue weighted by molar-refractivity contribution is 7.26. The van der Waals surface area contributed by atoms with Gasteiger partial charge in [-0.1, -0.05) is 129 Å². The summed E-state index contributed by atoms with van der Waals surface area (Å²) in [7, 11) is 0. The lowest BCUT2D eigenvalue weighted by molar-refractivity contribution is 0.661. The van der Waals surface area contributed by atoms with Gasteiger partial charge >= 0.3 is 0 Å². The molecule has 0 fully saturated rings. The fourth-order valence-electron chi connectivity index (χ4n) is 10.3. The highest BCUT2D eigenvalue weighted by atomic mass is 32.1. The minimum absolute atomic E-state index is 0.0890. The molecular weight excluding hydrogens is 723 g/mol. The number of fused-ring (bicyclic) bond motifs is 4. The third-order valence-corrected chi connectivity index (χ3v) is 14.1. The summed E-state index contributed by atoms with van der Waals surface area (Å²) < 4.78 is 9.15. The monoisotopic (exact) mass is 757 g/mol. The van der Waals surface area contributed by atoms with Crippen LogP contribution in [-0.2, 0) is 5.41 Å². The van der Waals surface area contributed by atoms with Gasteiger partial charge in [0.25, 0.3) is 0 Å². The van der Waals surface area contributed by atoms with Crippen molar-refractivity contribution < 1.29 is 4.42 Å². The van der Waals surface area contributed by atoms with Gasteiger partial charge in [-0.25, -0.2) is 0 Å². The number of hydrogen-bond donors (Lipinski definition) is 0. The van der Waals surface area contributed by atoms with Crippen LogP contribution in [-0.4, -0.2) is 0 Å². The molecule has 0 aliphatic heterocycles. The van der Waals surface area contributed by atoms with Crippen molar-refractivity contribution in [3.05, 3.63) is 187 Å². The van der Waals surface area contributed by atoms with E-state index in [1.807, 2.05) is 17.4 Å². The molecule has 0 unspecified atom stereocenters. The zero-order valence-corrected chi connectivity index (χ0v) is 32.8. The second kappa shape index (κ2) is 11.6. The van der Waals surface area contributed by atoms with Crippen LogP contribution in [0.5, 0.6) is 0 Å². The molecule has 0 amide bonds. The molecule has 0 radical (unpaired) electrons. The Morgan fingerprint density at radius 3 is 1.97 bits per heavy atom. The van der Waals surface area contributed by atoms with Crippen molar-refractivity contribution in [3.63, 3.8) is 0 Å². The Morgan fingerprint density at radius 1 is 0.414 bits per heavy atom. The van der Waals surface area contributed by atoms with Crippen molar-refractivity contribution in [1.29, 1.82) is 0 Å².